The summed E-state index contributed by atoms with van der Waals surface area (Å²) in [5, 5.41) is 21.8. The van der Waals surface area contributed by atoms with E-state index in [2.05, 4.69) is 10.1 Å². The maximum Gasteiger partial charge on any atom is 0.573 e. The number of carbonyl (C=O) groups excluding carboxylic acids is 2. The quantitative estimate of drug-likeness (QED) is 0.443. The Morgan fingerprint density at radius 1 is 1.32 bits per heavy atom. The van der Waals surface area contributed by atoms with Crippen LogP contribution in [0, 0.1) is 10.1 Å². The van der Waals surface area contributed by atoms with Crippen LogP contribution in [0.15, 0.2) is 30.0 Å². The molecule has 1 heterocycles. The summed E-state index contributed by atoms with van der Waals surface area (Å²) in [7, 11) is 0. The number of β-amino-alcohol motifs (C(OH)–C–C–N with tert-alkyl or cyclic N) is 1. The molecule has 0 atom stereocenters. The molecular weight excluding hydrogens is 351 g/mol. The first-order valence-corrected chi connectivity index (χ1v) is 6.62. The Morgan fingerprint density at radius 2 is 2.00 bits per heavy atom. The lowest BCUT2D eigenvalue weighted by Crippen LogP contribution is -2.34. The average Bonchev–Trinajstić information content (AvgIpc) is 2.75. The Labute approximate surface area is 137 Å². The molecule has 0 saturated carbocycles. The molecule has 12 heteroatoms. The summed E-state index contributed by atoms with van der Waals surface area (Å²) in [6, 6.07) is 2.23. The molecule has 1 aromatic carbocycles. The number of halogens is 3. The van der Waals surface area contributed by atoms with Crippen LogP contribution in [0.5, 0.6) is 5.75 Å². The fraction of sp³-hybridized carbons (Fsp3) is 0.231. The Balaban J connectivity index is 2.35. The van der Waals surface area contributed by atoms with Gasteiger partial charge in [0.15, 0.2) is 5.75 Å². The molecule has 0 aliphatic carbocycles. The van der Waals surface area contributed by atoms with Crippen molar-refractivity contribution in [2.75, 3.05) is 18.5 Å². The molecule has 0 bridgehead atoms. The highest BCUT2D eigenvalue weighted by molar-refractivity contribution is 6.17. The van der Waals surface area contributed by atoms with Crippen molar-refractivity contribution in [1.29, 1.82) is 0 Å². The number of non-ortho nitro benzene ring substituents is 1. The number of nitro benzene ring substituents is 1. The van der Waals surface area contributed by atoms with Gasteiger partial charge in [0.25, 0.3) is 17.5 Å². The van der Waals surface area contributed by atoms with Gasteiger partial charge < -0.3 is 15.2 Å². The largest absolute Gasteiger partial charge is 0.573 e. The van der Waals surface area contributed by atoms with E-state index in [-0.39, 0.29) is 6.54 Å². The zero-order valence-electron chi connectivity index (χ0n) is 12.2. The van der Waals surface area contributed by atoms with E-state index in [9.17, 15) is 32.9 Å². The van der Waals surface area contributed by atoms with E-state index >= 15 is 0 Å². The van der Waals surface area contributed by atoms with E-state index in [1.165, 1.54) is 0 Å². The van der Waals surface area contributed by atoms with Crippen molar-refractivity contribution in [2.45, 2.75) is 6.36 Å². The number of nitrogens with zero attached hydrogens (tertiary/aromatic N) is 2. The van der Waals surface area contributed by atoms with Crippen LogP contribution in [-0.4, -0.2) is 46.3 Å². The topological polar surface area (TPSA) is 122 Å². The number of hydrogen-bond acceptors (Lipinski definition) is 7. The number of hydrogen-bond donors (Lipinski definition) is 2. The van der Waals surface area contributed by atoms with Gasteiger partial charge in [-0.3, -0.25) is 24.6 Å². The van der Waals surface area contributed by atoms with Gasteiger partial charge in [-0.25, -0.2) is 0 Å². The number of aliphatic hydroxyl groups excluding tert-OH is 1. The minimum atomic E-state index is -5.07. The number of anilines is 1. The first kappa shape index (κ1) is 18.2. The summed E-state index contributed by atoms with van der Waals surface area (Å²) in [6.07, 6.45) is -4.27. The first-order chi connectivity index (χ1) is 11.6. The van der Waals surface area contributed by atoms with Crippen molar-refractivity contribution < 1.29 is 37.5 Å². The third-order valence-corrected chi connectivity index (χ3v) is 3.00. The van der Waals surface area contributed by atoms with Gasteiger partial charge in [0.05, 0.1) is 23.8 Å². The second-order valence-corrected chi connectivity index (χ2v) is 4.69. The van der Waals surface area contributed by atoms with Crippen molar-refractivity contribution in [3.05, 3.63) is 40.1 Å². The molecule has 134 valence electrons. The van der Waals surface area contributed by atoms with Crippen molar-refractivity contribution >= 4 is 23.2 Å². The van der Waals surface area contributed by atoms with Gasteiger partial charge >= 0.3 is 6.36 Å². The third-order valence-electron chi connectivity index (χ3n) is 3.00. The fourth-order valence-electron chi connectivity index (χ4n) is 2.00. The first-order valence-electron chi connectivity index (χ1n) is 6.62. The molecule has 9 nitrogen and oxygen atoms in total. The average molecular weight is 361 g/mol. The van der Waals surface area contributed by atoms with Crippen LogP contribution in [0.2, 0.25) is 0 Å². The molecule has 0 radical (unpaired) electrons. The smallest absolute Gasteiger partial charge is 0.404 e. The normalized spacial score (nSPS) is 14.6. The molecule has 2 rings (SSSR count). The number of benzene rings is 1. The number of ether oxygens (including phenoxy) is 1. The van der Waals surface area contributed by atoms with Gasteiger partial charge in [-0.05, 0) is 6.07 Å². The van der Waals surface area contributed by atoms with E-state index in [4.69, 9.17) is 5.11 Å². The molecule has 2 N–H and O–H groups in total. The Kier molecular flexibility index (Phi) is 4.92. The van der Waals surface area contributed by atoms with E-state index in [1.54, 1.807) is 0 Å². The van der Waals surface area contributed by atoms with E-state index in [1.807, 2.05) is 0 Å². The number of aliphatic hydroxyl groups is 1. The standard InChI is InChI=1S/C13H10F3N3O6/c14-13(15,16)25-10-2-1-7(19(23)24)5-8(10)17-9-6-11(21)18(3-4-20)12(9)22/h1-2,5-6,17,20H,3-4H2. The number of amides is 2. The van der Waals surface area contributed by atoms with Gasteiger partial charge in [-0.15, -0.1) is 13.2 Å². The number of alkyl halides is 3. The predicted octanol–water partition coefficient (Wildman–Crippen LogP) is 1.15. The van der Waals surface area contributed by atoms with E-state index < -0.39 is 52.5 Å². The van der Waals surface area contributed by atoms with Crippen LogP contribution < -0.4 is 10.1 Å². The molecule has 1 aliphatic heterocycles. The second-order valence-electron chi connectivity index (χ2n) is 4.69. The molecule has 25 heavy (non-hydrogen) atoms. The molecule has 0 saturated heterocycles. The zero-order chi connectivity index (χ0) is 18.8. The van der Waals surface area contributed by atoms with Crippen LogP contribution in [0.3, 0.4) is 0 Å². The zero-order valence-corrected chi connectivity index (χ0v) is 12.2. The summed E-state index contributed by atoms with van der Waals surface area (Å²) in [4.78, 5) is 34.2. The number of nitro groups is 1. The molecule has 2 amide bonds. The molecule has 0 spiro atoms. The van der Waals surface area contributed by atoms with Crippen molar-refractivity contribution in [2.24, 2.45) is 0 Å². The maximum absolute atomic E-state index is 12.4. The lowest BCUT2D eigenvalue weighted by Gasteiger charge is -2.16. The van der Waals surface area contributed by atoms with Crippen LogP contribution >= 0.6 is 0 Å². The van der Waals surface area contributed by atoms with Gasteiger partial charge in [-0.1, -0.05) is 0 Å². The summed E-state index contributed by atoms with van der Waals surface area (Å²) >= 11 is 0. The lowest BCUT2D eigenvalue weighted by atomic mass is 10.2. The van der Waals surface area contributed by atoms with Gasteiger partial charge in [-0.2, -0.15) is 0 Å². The molecule has 0 fully saturated rings. The summed E-state index contributed by atoms with van der Waals surface area (Å²) < 4.78 is 41.1. The van der Waals surface area contributed by atoms with Gasteiger partial charge in [0.1, 0.15) is 5.70 Å². The SMILES string of the molecule is O=C1C=C(Nc2cc([N+](=O)[O-])ccc2OC(F)(F)F)C(=O)N1CCO. The summed E-state index contributed by atoms with van der Waals surface area (Å²) in [5.41, 5.74) is -1.49. The minimum absolute atomic E-state index is 0.305. The third kappa shape index (κ3) is 4.23. The second kappa shape index (κ2) is 6.76. The Bertz CT molecular complexity index is 762. The number of carbonyl (C=O) groups is 2. The number of rotatable bonds is 6. The molecule has 0 unspecified atom stereocenters. The Hall–Kier alpha value is -3.15. The van der Waals surface area contributed by atoms with Crippen LogP contribution in [0.25, 0.3) is 0 Å². The highest BCUT2D eigenvalue weighted by Gasteiger charge is 2.34. The Morgan fingerprint density at radius 3 is 2.56 bits per heavy atom. The molecule has 1 aromatic rings. The number of imide groups is 1. The van der Waals surface area contributed by atoms with Gasteiger partial charge in [0.2, 0.25) is 0 Å². The van der Waals surface area contributed by atoms with Crippen molar-refractivity contribution in [3.63, 3.8) is 0 Å². The fourth-order valence-corrected chi connectivity index (χ4v) is 2.00. The van der Waals surface area contributed by atoms with E-state index in [0.717, 1.165) is 18.2 Å². The highest BCUT2D eigenvalue weighted by atomic mass is 19.4. The van der Waals surface area contributed by atoms with Gasteiger partial charge in [0, 0.05) is 18.2 Å². The van der Waals surface area contributed by atoms with Crippen LogP contribution in [0.1, 0.15) is 0 Å². The molecule has 1 aliphatic rings. The maximum atomic E-state index is 12.4. The lowest BCUT2D eigenvalue weighted by molar-refractivity contribution is -0.384. The number of nitrogens with one attached hydrogen (secondary N) is 1. The van der Waals surface area contributed by atoms with E-state index in [0.29, 0.717) is 11.0 Å². The van der Waals surface area contributed by atoms with Crippen LogP contribution in [-0.2, 0) is 9.59 Å². The molecular formula is C13H10F3N3O6. The van der Waals surface area contributed by atoms with Crippen molar-refractivity contribution in [1.82, 2.24) is 4.90 Å². The highest BCUT2D eigenvalue weighted by Crippen LogP contribution is 2.34. The minimum Gasteiger partial charge on any atom is -0.404 e. The molecule has 0 aromatic heterocycles. The predicted molar refractivity (Wildman–Crippen MR) is 75.3 cm³/mol. The summed E-state index contributed by atoms with van der Waals surface area (Å²) in [5.74, 6) is -2.51. The monoisotopic (exact) mass is 361 g/mol. The van der Waals surface area contributed by atoms with Crippen molar-refractivity contribution in [3.8, 4) is 5.75 Å². The van der Waals surface area contributed by atoms with Crippen LogP contribution in [0.4, 0.5) is 24.5 Å². The summed E-state index contributed by atoms with van der Waals surface area (Å²) in [6.45, 7) is -0.808.